The minimum atomic E-state index is 0. The van der Waals surface area contributed by atoms with Crippen molar-refractivity contribution < 1.29 is 105 Å². The van der Waals surface area contributed by atoms with Crippen molar-refractivity contribution >= 4 is 31.9 Å². The number of aliphatic hydroxyl groups is 2. The fourth-order valence-corrected chi connectivity index (χ4v) is 12.2. The van der Waals surface area contributed by atoms with Gasteiger partial charge in [0.25, 0.3) is 0 Å². The summed E-state index contributed by atoms with van der Waals surface area (Å²) in [6.07, 6.45) is 57.9. The molecule has 0 unspecified atom stereocenters. The normalized spacial score (nSPS) is 11.0. The van der Waals surface area contributed by atoms with E-state index in [9.17, 15) is 0 Å². The van der Waals surface area contributed by atoms with Crippen molar-refractivity contribution in [2.24, 2.45) is 0 Å². The van der Waals surface area contributed by atoms with Crippen LogP contribution >= 0.6 is 31.9 Å². The number of ether oxygens (including phenoxy) is 8. The zero-order chi connectivity index (χ0) is 67.9. The van der Waals surface area contributed by atoms with Gasteiger partial charge in [-0.05, 0) is 103 Å². The van der Waals surface area contributed by atoms with Crippen molar-refractivity contribution in [2.75, 3.05) is 79.3 Å². The topological polar surface area (TPSA) is 144 Å². The number of rotatable bonds is 67. The molecule has 0 aliphatic rings. The van der Waals surface area contributed by atoms with Crippen molar-refractivity contribution in [3.63, 3.8) is 0 Å². The minimum absolute atomic E-state index is 0. The van der Waals surface area contributed by atoms with Gasteiger partial charge >= 0.3 is 51.4 Å². The first-order chi connectivity index (χ1) is 46.3. The predicted molar refractivity (Wildman–Crippen MR) is 409 cm³/mol. The summed E-state index contributed by atoms with van der Waals surface area (Å²) >= 11 is 7.07. The molecule has 0 aromatic heterocycles. The standard InChI is InChI=1S/C50H86O4.C24H40Br2O.C8H18O5.K.H2O/c1-5-8-10-12-14-16-18-20-22-24-26-28-30-32-34-53-49-37-45(4)36-46(39-49)43-52-44-48-38-47(42-51-7-3)40-50(41-48)54-35-33-31-29-27-25-23-21-19-17-15-13-11-9-6-2;1-2-3-4-5-6-7-8-9-10-11-12-13-14-15-16-27-24-18-22(20-25)17-23(19-24)21-26;9-1-3-11-5-7-13-8-6-12-4-2-10;;/h36-41H,5-35,42-44H2,1-4H3;17-19H,2-16,20-21H2,1H3;9-10H,1-8H2;;1H2/q;;;+1;/p-1. The molecule has 3 aromatic carbocycles. The van der Waals surface area contributed by atoms with Crippen molar-refractivity contribution in [3.8, 4) is 17.2 Å². The van der Waals surface area contributed by atoms with Gasteiger partial charge in [0.1, 0.15) is 17.2 Å². The van der Waals surface area contributed by atoms with E-state index in [0.29, 0.717) is 66.1 Å². The Morgan fingerprint density at radius 2 is 0.510 bits per heavy atom. The maximum Gasteiger partial charge on any atom is 1.00 e. The van der Waals surface area contributed by atoms with Crippen LogP contribution in [-0.4, -0.2) is 95.0 Å². The van der Waals surface area contributed by atoms with E-state index in [4.69, 9.17) is 48.1 Å². The molecule has 0 saturated heterocycles. The second-order valence-electron chi connectivity index (χ2n) is 26.1. The number of hydrogen-bond acceptors (Lipinski definition) is 11. The quantitative estimate of drug-likeness (QED) is 0.0317. The van der Waals surface area contributed by atoms with E-state index in [1.54, 1.807) is 0 Å². The van der Waals surface area contributed by atoms with Crippen LogP contribution in [0, 0.1) is 6.92 Å². The van der Waals surface area contributed by atoms with Crippen LogP contribution in [0.1, 0.15) is 331 Å². The molecule has 11 nitrogen and oxygen atoms in total. The molecule has 0 amide bonds. The molecule has 14 heteroatoms. The summed E-state index contributed by atoms with van der Waals surface area (Å²) in [4.78, 5) is 0. The summed E-state index contributed by atoms with van der Waals surface area (Å²) in [5, 5.41) is 18.5. The van der Waals surface area contributed by atoms with Gasteiger partial charge < -0.3 is 53.6 Å². The van der Waals surface area contributed by atoms with E-state index in [1.165, 1.54) is 274 Å². The van der Waals surface area contributed by atoms with Gasteiger partial charge in [-0.15, -0.1) is 0 Å². The summed E-state index contributed by atoms with van der Waals surface area (Å²) in [6, 6.07) is 19.5. The SMILES string of the molecule is CCCCCCCCCCCCCCCCOc1cc(C)cc(COCc2cc(COCC)cc(OCCCCCCCCCCCCCCCC)c2)c1.CCCCCCCCCCCCCCCCOc1cc(CBr)cc(CBr)c1.OCCOCCOCCOCCO.[K+].[OH-]. The molecule has 0 bridgehead atoms. The van der Waals surface area contributed by atoms with Gasteiger partial charge in [0, 0.05) is 17.3 Å². The van der Waals surface area contributed by atoms with E-state index in [0.717, 1.165) is 77.3 Å². The molecule has 0 heterocycles. The molecule has 3 aromatic rings. The van der Waals surface area contributed by atoms with Crippen molar-refractivity contribution in [1.29, 1.82) is 0 Å². The molecule has 0 radical (unpaired) electrons. The van der Waals surface area contributed by atoms with Crippen LogP contribution in [0.3, 0.4) is 0 Å². The van der Waals surface area contributed by atoms with E-state index >= 15 is 0 Å². The number of hydrogen-bond donors (Lipinski definition) is 2. The van der Waals surface area contributed by atoms with Gasteiger partial charge in [-0.1, -0.05) is 321 Å². The average Bonchev–Trinajstić information content (AvgIpc) is 0.956. The summed E-state index contributed by atoms with van der Waals surface area (Å²) in [7, 11) is 0. The molecule has 3 N–H and O–H groups in total. The van der Waals surface area contributed by atoms with Crippen LogP contribution in [0.2, 0.25) is 0 Å². The summed E-state index contributed by atoms with van der Waals surface area (Å²) in [6.45, 7) is 18.6. The number of benzene rings is 3. The monoisotopic (exact) mass is 1500 g/mol. The fraction of sp³-hybridized carbons (Fsp3) is 0.780. The molecule has 0 fully saturated rings. The molecule has 0 spiro atoms. The van der Waals surface area contributed by atoms with E-state index in [2.05, 4.69) is 114 Å². The van der Waals surface area contributed by atoms with Gasteiger partial charge in [-0.3, -0.25) is 0 Å². The molecule has 0 aliphatic heterocycles. The second kappa shape index (κ2) is 78.5. The van der Waals surface area contributed by atoms with Crippen LogP contribution in [0.15, 0.2) is 54.6 Å². The van der Waals surface area contributed by atoms with Crippen molar-refractivity contribution in [3.05, 3.63) is 88.0 Å². The van der Waals surface area contributed by atoms with E-state index in [-0.39, 0.29) is 70.1 Å². The molecular formula is C82H145Br2KO11. The zero-order valence-corrected chi connectivity index (χ0v) is 69.1. The Hall–Kier alpha value is -0.664. The first kappa shape index (κ1) is 97.4. The molecule has 0 saturated carbocycles. The van der Waals surface area contributed by atoms with Crippen LogP contribution in [0.5, 0.6) is 17.2 Å². The predicted octanol–water partition coefficient (Wildman–Crippen LogP) is 21.2. The van der Waals surface area contributed by atoms with Crippen LogP contribution in [-0.2, 0) is 54.2 Å². The van der Waals surface area contributed by atoms with Gasteiger partial charge in [-0.25, -0.2) is 0 Å². The molecule has 96 heavy (non-hydrogen) atoms. The molecule has 0 atom stereocenters. The zero-order valence-electron chi connectivity index (χ0n) is 62.8. The Balaban J connectivity index is 0. The third kappa shape index (κ3) is 65.4. The van der Waals surface area contributed by atoms with Gasteiger partial charge in [0.2, 0.25) is 0 Å². The number of halogens is 2. The van der Waals surface area contributed by atoms with Crippen LogP contribution in [0.4, 0.5) is 0 Å². The Bertz CT molecular complexity index is 2000. The van der Waals surface area contributed by atoms with E-state index < -0.39 is 0 Å². The van der Waals surface area contributed by atoms with Gasteiger partial charge in [0.15, 0.2) is 0 Å². The first-order valence-corrected chi connectivity index (χ1v) is 41.1. The Morgan fingerprint density at radius 3 is 0.792 bits per heavy atom. The number of aliphatic hydroxyl groups excluding tert-OH is 2. The van der Waals surface area contributed by atoms with E-state index in [1.807, 2.05) is 6.92 Å². The Labute approximate surface area is 650 Å². The number of aryl methyl sites for hydroxylation is 1. The fourth-order valence-electron chi connectivity index (χ4n) is 11.6. The molecular weight excluding hydrogens is 1360 g/mol. The van der Waals surface area contributed by atoms with Gasteiger partial charge in [0.05, 0.1) is 92.5 Å². The third-order valence-electron chi connectivity index (χ3n) is 17.0. The molecule has 0 aliphatic carbocycles. The minimum Gasteiger partial charge on any atom is -0.870 e. The van der Waals surface area contributed by atoms with Crippen LogP contribution < -0.4 is 65.6 Å². The van der Waals surface area contributed by atoms with Gasteiger partial charge in [-0.2, -0.15) is 0 Å². The average molecular weight is 1510 g/mol. The van der Waals surface area contributed by atoms with Crippen molar-refractivity contribution in [2.45, 2.75) is 335 Å². The summed E-state index contributed by atoms with van der Waals surface area (Å²) in [5.41, 5.74) is 7.20. The maximum atomic E-state index is 8.36. The number of alkyl halides is 2. The first-order valence-electron chi connectivity index (χ1n) is 38.8. The summed E-state index contributed by atoms with van der Waals surface area (Å²) in [5.74, 6) is 2.90. The Morgan fingerprint density at radius 1 is 0.271 bits per heavy atom. The summed E-state index contributed by atoms with van der Waals surface area (Å²) < 4.78 is 45.4. The largest absolute Gasteiger partial charge is 1.00 e. The third-order valence-corrected chi connectivity index (χ3v) is 18.3. The molecule has 3 rings (SSSR count). The smallest absolute Gasteiger partial charge is 0.870 e. The maximum absolute atomic E-state index is 8.36. The number of unbranched alkanes of at least 4 members (excludes halogenated alkanes) is 39. The molecule has 554 valence electrons. The Kier molecular flexibility index (Phi) is 79.6. The van der Waals surface area contributed by atoms with Crippen molar-refractivity contribution in [1.82, 2.24) is 0 Å². The van der Waals surface area contributed by atoms with Crippen LogP contribution in [0.25, 0.3) is 0 Å². The second-order valence-corrected chi connectivity index (χ2v) is 27.3.